The Balaban J connectivity index is 0.00000218. The van der Waals surface area contributed by atoms with Gasteiger partial charge in [0.1, 0.15) is 35.1 Å². The number of nitrogens with zero attached hydrogens (tertiary/aromatic N) is 1. The van der Waals surface area contributed by atoms with Gasteiger partial charge in [0.2, 0.25) is 0 Å². The van der Waals surface area contributed by atoms with Crippen LogP contribution in [-0.4, -0.2) is 42.7 Å². The van der Waals surface area contributed by atoms with Crippen LogP contribution >= 0.6 is 0 Å². The number of likely N-dealkylation sites (N-methyl/N-ethyl adjacent to an activating group) is 1. The number of ether oxygens (including phenoxy) is 2. The molecule has 3 aliphatic heterocycles. The lowest BCUT2D eigenvalue weighted by molar-refractivity contribution is -0.926. The SMILES string of the molecule is CCC1(C(=O)OC2CC3C=CC(C2)[N+]3(C)C)c2ccccc2Oc2ccccc21.[Br-]. The lowest BCUT2D eigenvalue weighted by atomic mass is 9.70. The van der Waals surface area contributed by atoms with Crippen molar-refractivity contribution >= 4 is 5.97 Å². The Morgan fingerprint density at radius 1 is 1.00 bits per heavy atom. The van der Waals surface area contributed by atoms with E-state index in [1.165, 1.54) is 0 Å². The maximum atomic E-state index is 13.8. The number of esters is 1. The lowest BCUT2D eigenvalue weighted by Gasteiger charge is -2.45. The van der Waals surface area contributed by atoms with Gasteiger partial charge in [0.15, 0.2) is 0 Å². The number of halogens is 1. The van der Waals surface area contributed by atoms with Crippen LogP contribution in [0.3, 0.4) is 0 Å². The molecule has 0 saturated carbocycles. The monoisotopic (exact) mass is 469 g/mol. The molecular formula is C25H28BrNO3. The van der Waals surface area contributed by atoms with E-state index in [0.717, 1.165) is 40.0 Å². The van der Waals surface area contributed by atoms with E-state index in [4.69, 9.17) is 9.47 Å². The Morgan fingerprint density at radius 2 is 1.50 bits per heavy atom. The normalized spacial score (nSPS) is 26.6. The molecule has 0 radical (unpaired) electrons. The van der Waals surface area contributed by atoms with Crippen molar-refractivity contribution in [1.29, 1.82) is 0 Å². The van der Waals surface area contributed by atoms with Gasteiger partial charge in [0.05, 0.1) is 14.1 Å². The summed E-state index contributed by atoms with van der Waals surface area (Å²) in [5.74, 6) is 1.33. The molecular weight excluding hydrogens is 442 g/mol. The average molecular weight is 470 g/mol. The number of quaternary nitrogens is 1. The maximum Gasteiger partial charge on any atom is 0.321 e. The van der Waals surface area contributed by atoms with Crippen molar-refractivity contribution in [1.82, 2.24) is 0 Å². The van der Waals surface area contributed by atoms with Gasteiger partial charge in [0.25, 0.3) is 0 Å². The average Bonchev–Trinajstić information content (AvgIpc) is 2.88. The quantitative estimate of drug-likeness (QED) is 0.389. The first-order chi connectivity index (χ1) is 14.0. The van der Waals surface area contributed by atoms with Gasteiger partial charge < -0.3 is 30.9 Å². The van der Waals surface area contributed by atoms with Crippen LogP contribution in [-0.2, 0) is 14.9 Å². The summed E-state index contributed by atoms with van der Waals surface area (Å²) < 4.78 is 13.4. The molecule has 3 aliphatic rings. The van der Waals surface area contributed by atoms with Gasteiger partial charge >= 0.3 is 5.97 Å². The van der Waals surface area contributed by atoms with Crippen LogP contribution in [0.4, 0.5) is 0 Å². The molecule has 0 spiro atoms. The molecule has 2 aromatic carbocycles. The fourth-order valence-electron chi connectivity index (χ4n) is 5.45. The van der Waals surface area contributed by atoms with Crippen molar-refractivity contribution in [2.75, 3.05) is 14.1 Å². The molecule has 3 heterocycles. The summed E-state index contributed by atoms with van der Waals surface area (Å²) in [4.78, 5) is 13.8. The third-order valence-electron chi connectivity index (χ3n) is 7.34. The smallest absolute Gasteiger partial charge is 0.321 e. The van der Waals surface area contributed by atoms with Crippen molar-refractivity contribution in [2.45, 2.75) is 49.8 Å². The number of fused-ring (bicyclic) bond motifs is 4. The van der Waals surface area contributed by atoms with Crippen LogP contribution in [0, 0.1) is 0 Å². The van der Waals surface area contributed by atoms with Gasteiger partial charge in [-0.1, -0.05) is 43.3 Å². The summed E-state index contributed by atoms with van der Waals surface area (Å²) in [6.45, 7) is 2.06. The molecule has 5 rings (SSSR count). The molecule has 5 heteroatoms. The number of benzene rings is 2. The Hall–Kier alpha value is -2.11. The van der Waals surface area contributed by atoms with Crippen LogP contribution in [0.25, 0.3) is 0 Å². The number of para-hydroxylation sites is 2. The fourth-order valence-corrected chi connectivity index (χ4v) is 5.45. The summed E-state index contributed by atoms with van der Waals surface area (Å²) in [6.07, 6.45) is 6.93. The van der Waals surface area contributed by atoms with E-state index in [-0.39, 0.29) is 29.1 Å². The van der Waals surface area contributed by atoms with E-state index in [2.05, 4.69) is 33.2 Å². The van der Waals surface area contributed by atoms with Crippen LogP contribution in [0.2, 0.25) is 0 Å². The Labute approximate surface area is 188 Å². The van der Waals surface area contributed by atoms with Gasteiger partial charge in [-0.05, 0) is 30.7 Å². The number of rotatable bonds is 3. The van der Waals surface area contributed by atoms with Crippen molar-refractivity contribution in [3.8, 4) is 11.5 Å². The molecule has 2 unspecified atom stereocenters. The van der Waals surface area contributed by atoms with E-state index in [1.807, 2.05) is 48.5 Å². The summed E-state index contributed by atoms with van der Waals surface area (Å²) in [5, 5.41) is 0. The van der Waals surface area contributed by atoms with Crippen LogP contribution < -0.4 is 21.7 Å². The summed E-state index contributed by atoms with van der Waals surface area (Å²) in [7, 11) is 4.54. The molecule has 0 aliphatic carbocycles. The highest BCUT2D eigenvalue weighted by atomic mass is 79.9. The third kappa shape index (κ3) is 2.94. The van der Waals surface area contributed by atoms with E-state index in [1.54, 1.807) is 0 Å². The molecule has 2 bridgehead atoms. The first-order valence-electron chi connectivity index (χ1n) is 10.6. The first kappa shape index (κ1) is 21.1. The molecule has 1 saturated heterocycles. The second-order valence-corrected chi connectivity index (χ2v) is 9.00. The highest BCUT2D eigenvalue weighted by molar-refractivity contribution is 5.90. The zero-order valence-electron chi connectivity index (χ0n) is 17.7. The van der Waals surface area contributed by atoms with Gasteiger partial charge in [-0.25, -0.2) is 0 Å². The molecule has 158 valence electrons. The molecule has 0 N–H and O–H groups in total. The standard InChI is InChI=1S/C25H28NO3.BrH/c1-4-25(24(27)28-19-15-17-13-14-18(16-19)26(17,2)3)20-9-5-7-11-22(20)29-23-12-8-6-10-21(23)25;/h5-14,17-19H,4,15-16H2,1-3H3;1H/q+1;/p-1. The minimum atomic E-state index is -0.834. The second-order valence-electron chi connectivity index (χ2n) is 9.00. The predicted octanol–water partition coefficient (Wildman–Crippen LogP) is 1.58. The Kier molecular flexibility index (Phi) is 5.31. The summed E-state index contributed by atoms with van der Waals surface area (Å²) in [6, 6.07) is 16.5. The molecule has 30 heavy (non-hydrogen) atoms. The largest absolute Gasteiger partial charge is 1.00 e. The number of piperidine rings is 1. The van der Waals surface area contributed by atoms with E-state index in [9.17, 15) is 4.79 Å². The maximum absolute atomic E-state index is 13.8. The molecule has 4 nitrogen and oxygen atoms in total. The van der Waals surface area contributed by atoms with E-state index >= 15 is 0 Å². The number of hydrogen-bond acceptors (Lipinski definition) is 3. The first-order valence-corrected chi connectivity index (χ1v) is 10.6. The zero-order chi connectivity index (χ0) is 20.2. The van der Waals surface area contributed by atoms with Crippen LogP contribution in [0.15, 0.2) is 60.7 Å². The second kappa shape index (κ2) is 7.54. The van der Waals surface area contributed by atoms with E-state index in [0.29, 0.717) is 18.5 Å². The van der Waals surface area contributed by atoms with Crippen molar-refractivity contribution in [2.24, 2.45) is 0 Å². The number of carbonyl (C=O) groups is 1. The summed E-state index contributed by atoms with van der Waals surface area (Å²) in [5.41, 5.74) is 0.971. The number of carbonyl (C=O) groups excluding carboxylic acids is 1. The third-order valence-corrected chi connectivity index (χ3v) is 7.34. The van der Waals surface area contributed by atoms with Crippen molar-refractivity contribution < 1.29 is 35.7 Å². The van der Waals surface area contributed by atoms with Crippen LogP contribution in [0.5, 0.6) is 11.5 Å². The van der Waals surface area contributed by atoms with Crippen molar-refractivity contribution in [3.05, 3.63) is 71.8 Å². The zero-order valence-corrected chi connectivity index (χ0v) is 19.3. The van der Waals surface area contributed by atoms with Gasteiger partial charge in [0, 0.05) is 24.0 Å². The molecule has 2 aromatic rings. The fraction of sp³-hybridized carbons (Fsp3) is 0.400. The predicted molar refractivity (Wildman–Crippen MR) is 112 cm³/mol. The lowest BCUT2D eigenvalue weighted by Crippen LogP contribution is -3.00. The highest BCUT2D eigenvalue weighted by Crippen LogP contribution is 2.51. The number of hydrogen-bond donors (Lipinski definition) is 0. The van der Waals surface area contributed by atoms with Crippen molar-refractivity contribution in [3.63, 3.8) is 0 Å². The van der Waals surface area contributed by atoms with Crippen LogP contribution in [0.1, 0.15) is 37.3 Å². The van der Waals surface area contributed by atoms with Gasteiger partial charge in [-0.3, -0.25) is 4.79 Å². The van der Waals surface area contributed by atoms with E-state index < -0.39 is 5.41 Å². The molecule has 2 atom stereocenters. The highest BCUT2D eigenvalue weighted by Gasteiger charge is 2.51. The summed E-state index contributed by atoms with van der Waals surface area (Å²) >= 11 is 0. The minimum Gasteiger partial charge on any atom is -1.00 e. The van der Waals surface area contributed by atoms with Gasteiger partial charge in [-0.2, -0.15) is 0 Å². The molecule has 1 fully saturated rings. The van der Waals surface area contributed by atoms with Gasteiger partial charge in [-0.15, -0.1) is 0 Å². The topological polar surface area (TPSA) is 35.5 Å². The molecule has 0 amide bonds. The molecule has 0 aromatic heterocycles. The Bertz CT molecular complexity index is 936. The minimum absolute atomic E-state index is 0. The Morgan fingerprint density at radius 3 is 2.00 bits per heavy atom.